The Morgan fingerprint density at radius 1 is 1.28 bits per heavy atom. The third kappa shape index (κ3) is 3.97. The van der Waals surface area contributed by atoms with E-state index in [1.807, 2.05) is 0 Å². The second-order valence-electron chi connectivity index (χ2n) is 8.21. The van der Waals surface area contributed by atoms with Crippen LogP contribution >= 0.6 is 0 Å². The van der Waals surface area contributed by atoms with Gasteiger partial charge in [0.05, 0.1) is 5.54 Å². The Balaban J connectivity index is 1.95. The Hall–Kier alpha value is -2.93. The van der Waals surface area contributed by atoms with Gasteiger partial charge in [-0.2, -0.15) is 13.9 Å². The van der Waals surface area contributed by atoms with Crippen LogP contribution in [0.1, 0.15) is 43.4 Å². The van der Waals surface area contributed by atoms with Gasteiger partial charge in [0.2, 0.25) is 10.0 Å². The zero-order valence-electron chi connectivity index (χ0n) is 17.8. The van der Waals surface area contributed by atoms with Crippen molar-refractivity contribution in [3.63, 3.8) is 0 Å². The first-order valence-electron chi connectivity index (χ1n) is 9.47. The Morgan fingerprint density at radius 2 is 1.94 bits per heavy atom. The monoisotopic (exact) mass is 472 g/mol. The van der Waals surface area contributed by atoms with Crippen LogP contribution in [-0.4, -0.2) is 52.6 Å². The van der Waals surface area contributed by atoms with Crippen molar-refractivity contribution < 1.29 is 26.4 Å². The van der Waals surface area contributed by atoms with E-state index in [4.69, 9.17) is 5.41 Å². The first kappa shape index (κ1) is 23.7. The van der Waals surface area contributed by atoms with Crippen molar-refractivity contribution in [2.24, 2.45) is 0 Å². The summed E-state index contributed by atoms with van der Waals surface area (Å²) >= 11 is 0. The summed E-state index contributed by atoms with van der Waals surface area (Å²) in [6.07, 6.45) is 0.954. The number of rotatable bonds is 4. The van der Waals surface area contributed by atoms with E-state index in [0.29, 0.717) is 4.68 Å². The van der Waals surface area contributed by atoms with Gasteiger partial charge in [-0.05, 0) is 45.0 Å². The number of carbonyl (C=O) groups excluding carboxylic acids is 1. The number of hydrogen-bond acceptors (Lipinski definition) is 5. The number of anilines is 1. The second-order valence-corrected chi connectivity index (χ2v) is 10.8. The molecule has 1 aliphatic heterocycles. The van der Waals surface area contributed by atoms with Gasteiger partial charge in [0.15, 0.2) is 5.69 Å². The van der Waals surface area contributed by atoms with Crippen LogP contribution in [0.15, 0.2) is 30.5 Å². The molecule has 2 aromatic rings. The van der Waals surface area contributed by atoms with E-state index in [1.165, 1.54) is 33.0 Å². The lowest BCUT2D eigenvalue weighted by molar-refractivity contribution is 0.0561. The highest BCUT2D eigenvalue weighted by molar-refractivity contribution is 7.91. The van der Waals surface area contributed by atoms with E-state index in [2.05, 4.69) is 15.7 Å². The summed E-state index contributed by atoms with van der Waals surface area (Å²) < 4.78 is 65.6. The number of nitrogens with zero attached hydrogens (tertiary/aromatic N) is 3. The summed E-state index contributed by atoms with van der Waals surface area (Å²) in [5.41, 5.74) is -1.45. The molecule has 0 aliphatic carbocycles. The molecule has 0 unspecified atom stereocenters. The quantitative estimate of drug-likeness (QED) is 0.632. The summed E-state index contributed by atoms with van der Waals surface area (Å²) in [6.45, 7) is 1.22. The minimum absolute atomic E-state index is 0.0120. The topological polar surface area (TPSA) is 120 Å². The number of carbonyl (C=O) groups is 1. The first-order chi connectivity index (χ1) is 14.7. The number of benzene rings is 1. The van der Waals surface area contributed by atoms with Crippen molar-refractivity contribution in [2.45, 2.75) is 37.6 Å². The fourth-order valence-corrected chi connectivity index (χ4v) is 4.97. The van der Waals surface area contributed by atoms with Gasteiger partial charge in [0.25, 0.3) is 5.91 Å². The molecule has 0 spiro atoms. The second kappa shape index (κ2) is 7.89. The van der Waals surface area contributed by atoms with Gasteiger partial charge in [-0.15, -0.1) is 0 Å². The number of amides is 1. The van der Waals surface area contributed by atoms with Crippen LogP contribution in [0.2, 0.25) is 0 Å². The third-order valence-corrected chi connectivity index (χ3v) is 7.90. The molecule has 2 heterocycles. The van der Waals surface area contributed by atoms with Crippen LogP contribution in [0.3, 0.4) is 0 Å². The highest BCUT2D eigenvalue weighted by Crippen LogP contribution is 2.34. The fraction of sp³-hybridized carbons (Fsp3) is 0.421. The van der Waals surface area contributed by atoms with Gasteiger partial charge in [-0.1, -0.05) is 0 Å². The highest BCUT2D eigenvalue weighted by Gasteiger charge is 2.49. The predicted octanol–water partition coefficient (Wildman–Crippen LogP) is 2.51. The van der Waals surface area contributed by atoms with Crippen molar-refractivity contribution in [3.05, 3.63) is 47.5 Å². The molecular formula is C19H23F3N6O3S. The summed E-state index contributed by atoms with van der Waals surface area (Å²) in [5, 5.41) is 17.1. The molecule has 13 heteroatoms. The number of aromatic nitrogens is 2. The van der Waals surface area contributed by atoms with E-state index in [9.17, 15) is 26.4 Å². The number of hydrogen-bond donors (Lipinski definition) is 3. The average Bonchev–Trinajstić information content (AvgIpc) is 3.18. The molecule has 1 aliphatic rings. The Kier molecular flexibility index (Phi) is 5.85. The van der Waals surface area contributed by atoms with Gasteiger partial charge >= 0.3 is 6.55 Å². The number of sulfonamides is 1. The normalized spacial score (nSPS) is 22.9. The van der Waals surface area contributed by atoms with E-state index in [1.54, 1.807) is 6.92 Å². The summed E-state index contributed by atoms with van der Waals surface area (Å²) in [7, 11) is -2.56. The Bertz CT molecular complexity index is 1180. The lowest BCUT2D eigenvalue weighted by Crippen LogP contribution is -2.51. The zero-order chi connectivity index (χ0) is 24.1. The molecule has 3 rings (SSSR count). The predicted molar refractivity (Wildman–Crippen MR) is 112 cm³/mol. The van der Waals surface area contributed by atoms with Crippen LogP contribution in [0.4, 0.5) is 18.9 Å². The van der Waals surface area contributed by atoms with Crippen LogP contribution in [0.5, 0.6) is 0 Å². The van der Waals surface area contributed by atoms with Crippen LogP contribution in [0.25, 0.3) is 0 Å². The maximum atomic E-state index is 14.8. The SMILES string of the molecule is CN1C[C@@](C)(c2cc(NC(=O)c3ccn(C(F)F)n3)ccc2F)NC(=N)C(C)(C)S1(=O)=O. The average molecular weight is 472 g/mol. The molecule has 1 aromatic heterocycles. The van der Waals surface area contributed by atoms with Crippen molar-refractivity contribution in [1.82, 2.24) is 19.4 Å². The molecule has 1 amide bonds. The summed E-state index contributed by atoms with van der Waals surface area (Å²) in [5.74, 6) is -1.77. The molecule has 1 fully saturated rings. The van der Waals surface area contributed by atoms with E-state index in [0.717, 1.165) is 22.6 Å². The molecule has 1 saturated heterocycles. The minimum atomic E-state index is -3.90. The van der Waals surface area contributed by atoms with E-state index >= 15 is 0 Å². The number of likely N-dealkylation sites (N-methyl/N-ethyl adjacent to an activating group) is 1. The standard InChI is InChI=1S/C19H23F3N6O3S/c1-18(2)16(23)25-19(3,10-27(4)32(18,30)31)12-9-11(5-6-13(12)20)24-15(29)14-7-8-28(26-14)17(21)22/h5-9,17H,10H2,1-4H3,(H2,23,25)(H,24,29)/t19-/m0/s1. The maximum Gasteiger partial charge on any atom is 0.333 e. The third-order valence-electron chi connectivity index (χ3n) is 5.46. The van der Waals surface area contributed by atoms with E-state index in [-0.39, 0.29) is 29.3 Å². The van der Waals surface area contributed by atoms with Gasteiger partial charge in [-0.25, -0.2) is 21.8 Å². The lowest BCUT2D eigenvalue weighted by atomic mass is 9.90. The van der Waals surface area contributed by atoms with Gasteiger partial charge in [0, 0.05) is 31.0 Å². The molecule has 0 radical (unpaired) electrons. The van der Waals surface area contributed by atoms with Gasteiger partial charge in [0.1, 0.15) is 16.4 Å². The van der Waals surface area contributed by atoms with Crippen molar-refractivity contribution >= 4 is 27.5 Å². The molecule has 0 saturated carbocycles. The zero-order valence-corrected chi connectivity index (χ0v) is 18.6. The number of halogens is 3. The number of amidine groups is 1. The molecule has 0 bridgehead atoms. The Labute approximate surface area is 183 Å². The molecule has 9 nitrogen and oxygen atoms in total. The van der Waals surface area contributed by atoms with Crippen molar-refractivity contribution in [2.75, 3.05) is 18.9 Å². The largest absolute Gasteiger partial charge is 0.362 e. The van der Waals surface area contributed by atoms with Gasteiger partial charge < -0.3 is 10.6 Å². The molecule has 1 aromatic carbocycles. The molecule has 1 atom stereocenters. The van der Waals surface area contributed by atoms with Gasteiger partial charge in [-0.3, -0.25) is 10.2 Å². The highest BCUT2D eigenvalue weighted by atomic mass is 32.2. The van der Waals surface area contributed by atoms with E-state index < -0.39 is 38.6 Å². The lowest BCUT2D eigenvalue weighted by Gasteiger charge is -2.33. The first-order valence-corrected chi connectivity index (χ1v) is 10.9. The number of nitrogens with one attached hydrogen (secondary N) is 3. The van der Waals surface area contributed by atoms with Crippen LogP contribution < -0.4 is 10.6 Å². The summed E-state index contributed by atoms with van der Waals surface area (Å²) in [6, 6.07) is 4.78. The minimum Gasteiger partial charge on any atom is -0.362 e. The number of alkyl halides is 2. The summed E-state index contributed by atoms with van der Waals surface area (Å²) in [4.78, 5) is 12.4. The molecule has 174 valence electrons. The van der Waals surface area contributed by atoms with Crippen LogP contribution in [-0.2, 0) is 15.6 Å². The smallest absolute Gasteiger partial charge is 0.333 e. The molecular weight excluding hydrogens is 449 g/mol. The van der Waals surface area contributed by atoms with Crippen molar-refractivity contribution in [1.29, 1.82) is 5.41 Å². The van der Waals surface area contributed by atoms with Crippen LogP contribution in [0, 0.1) is 11.2 Å². The maximum absolute atomic E-state index is 14.8. The molecule has 32 heavy (non-hydrogen) atoms. The fourth-order valence-electron chi connectivity index (χ4n) is 3.46. The Morgan fingerprint density at radius 3 is 2.53 bits per heavy atom. The molecule has 3 N–H and O–H groups in total. The van der Waals surface area contributed by atoms with Crippen molar-refractivity contribution in [3.8, 4) is 0 Å².